The zero-order valence-corrected chi connectivity index (χ0v) is 8.23. The molecule has 0 saturated heterocycles. The molecule has 2 N–H and O–H groups in total. The van der Waals surface area contributed by atoms with E-state index in [1.54, 1.807) is 6.07 Å². The fraction of sp³-hybridized carbons (Fsp3) is 0.250. The highest BCUT2D eigenvalue weighted by atomic mass is 79.9. The van der Waals surface area contributed by atoms with Gasteiger partial charge in [0.05, 0.1) is 4.47 Å². The lowest BCUT2D eigenvalue weighted by Gasteiger charge is -2.04. The third-order valence-electron chi connectivity index (χ3n) is 1.84. The summed E-state index contributed by atoms with van der Waals surface area (Å²) in [6.07, 6.45) is 0. The molecule has 0 bridgehead atoms. The number of rotatable bonds is 1. The molecular weight excluding hydrogens is 241 g/mol. The minimum Gasteiger partial charge on any atom is -0.454 e. The molecule has 1 aromatic carbocycles. The molecule has 0 aliphatic carbocycles. The number of hydrogen-bond donors (Lipinski definition) is 1. The molecule has 3 nitrogen and oxygen atoms in total. The van der Waals surface area contributed by atoms with Crippen LogP contribution < -0.4 is 15.2 Å². The molecule has 1 aliphatic heterocycles. The lowest BCUT2D eigenvalue weighted by Crippen LogP contribution is -2.00. The van der Waals surface area contributed by atoms with E-state index in [-0.39, 0.29) is 23.6 Å². The van der Waals surface area contributed by atoms with Crippen LogP contribution in [0.25, 0.3) is 0 Å². The maximum atomic E-state index is 13.4. The van der Waals surface area contributed by atoms with Gasteiger partial charge in [-0.3, -0.25) is 0 Å². The van der Waals surface area contributed by atoms with Crippen molar-refractivity contribution in [3.63, 3.8) is 0 Å². The molecular formula is C8H7BrFNO2. The van der Waals surface area contributed by atoms with E-state index in [4.69, 9.17) is 15.2 Å². The van der Waals surface area contributed by atoms with Gasteiger partial charge in [-0.15, -0.1) is 0 Å². The molecule has 70 valence electrons. The second-order valence-electron chi connectivity index (χ2n) is 2.60. The molecule has 5 heteroatoms. The second-order valence-corrected chi connectivity index (χ2v) is 3.39. The number of hydrogen-bond acceptors (Lipinski definition) is 3. The standard InChI is InChI=1S/C8H7BrFNO2/c9-6-7(10)4(2-11)1-5-8(6)13-3-12-5/h1H,2-3,11H2. The van der Waals surface area contributed by atoms with E-state index < -0.39 is 0 Å². The normalized spacial score (nSPS) is 13.5. The van der Waals surface area contributed by atoms with Crippen molar-refractivity contribution in [2.24, 2.45) is 5.73 Å². The van der Waals surface area contributed by atoms with Crippen molar-refractivity contribution >= 4 is 15.9 Å². The van der Waals surface area contributed by atoms with E-state index in [9.17, 15) is 4.39 Å². The van der Waals surface area contributed by atoms with Crippen molar-refractivity contribution in [1.82, 2.24) is 0 Å². The van der Waals surface area contributed by atoms with Gasteiger partial charge in [-0.05, 0) is 22.0 Å². The summed E-state index contributed by atoms with van der Waals surface area (Å²) < 4.78 is 23.8. The van der Waals surface area contributed by atoms with Gasteiger partial charge in [-0.1, -0.05) is 0 Å². The van der Waals surface area contributed by atoms with Crippen LogP contribution in [0.2, 0.25) is 0 Å². The number of nitrogens with two attached hydrogens (primary N) is 1. The number of halogens is 2. The summed E-state index contributed by atoms with van der Waals surface area (Å²) in [4.78, 5) is 0. The van der Waals surface area contributed by atoms with Crippen molar-refractivity contribution < 1.29 is 13.9 Å². The van der Waals surface area contributed by atoms with Crippen LogP contribution in [-0.2, 0) is 6.54 Å². The summed E-state index contributed by atoms with van der Waals surface area (Å²) >= 11 is 3.09. The first-order valence-corrected chi connectivity index (χ1v) is 4.50. The van der Waals surface area contributed by atoms with Gasteiger partial charge in [-0.25, -0.2) is 4.39 Å². The molecule has 0 aromatic heterocycles. The van der Waals surface area contributed by atoms with E-state index >= 15 is 0 Å². The van der Waals surface area contributed by atoms with Crippen molar-refractivity contribution in [2.75, 3.05) is 6.79 Å². The van der Waals surface area contributed by atoms with Gasteiger partial charge < -0.3 is 15.2 Å². The van der Waals surface area contributed by atoms with Crippen molar-refractivity contribution in [2.45, 2.75) is 6.54 Å². The molecule has 0 amide bonds. The second kappa shape index (κ2) is 3.16. The summed E-state index contributed by atoms with van der Waals surface area (Å²) in [5.41, 5.74) is 5.77. The van der Waals surface area contributed by atoms with E-state index in [1.807, 2.05) is 0 Å². The van der Waals surface area contributed by atoms with Gasteiger partial charge in [-0.2, -0.15) is 0 Å². The zero-order valence-electron chi connectivity index (χ0n) is 6.64. The van der Waals surface area contributed by atoms with Crippen LogP contribution in [0.1, 0.15) is 5.56 Å². The Labute approximate surface area is 82.8 Å². The molecule has 13 heavy (non-hydrogen) atoms. The van der Waals surface area contributed by atoms with E-state index in [1.165, 1.54) is 0 Å². The molecule has 2 rings (SSSR count). The fourth-order valence-corrected chi connectivity index (χ4v) is 1.74. The predicted octanol–water partition coefficient (Wildman–Crippen LogP) is 1.78. The van der Waals surface area contributed by atoms with Crippen LogP contribution >= 0.6 is 15.9 Å². The van der Waals surface area contributed by atoms with Crippen LogP contribution in [-0.4, -0.2) is 6.79 Å². The van der Waals surface area contributed by atoms with Gasteiger partial charge in [0, 0.05) is 12.1 Å². The monoisotopic (exact) mass is 247 g/mol. The zero-order chi connectivity index (χ0) is 9.42. The minimum atomic E-state index is -0.383. The summed E-state index contributed by atoms with van der Waals surface area (Å²) in [7, 11) is 0. The topological polar surface area (TPSA) is 44.5 Å². The van der Waals surface area contributed by atoms with Gasteiger partial charge in [0.2, 0.25) is 6.79 Å². The molecule has 0 saturated carbocycles. The highest BCUT2D eigenvalue weighted by molar-refractivity contribution is 9.10. The van der Waals surface area contributed by atoms with E-state index in [0.717, 1.165) is 0 Å². The molecule has 0 atom stereocenters. The van der Waals surface area contributed by atoms with Gasteiger partial charge in [0.25, 0.3) is 0 Å². The molecule has 0 fully saturated rings. The first kappa shape index (κ1) is 8.77. The Morgan fingerprint density at radius 2 is 2.31 bits per heavy atom. The SMILES string of the molecule is NCc1cc2c(c(Br)c1F)OCO2. The number of ether oxygens (including phenoxy) is 2. The Morgan fingerprint density at radius 3 is 3.00 bits per heavy atom. The maximum absolute atomic E-state index is 13.4. The lowest BCUT2D eigenvalue weighted by atomic mass is 10.2. The largest absolute Gasteiger partial charge is 0.454 e. The van der Waals surface area contributed by atoms with Gasteiger partial charge in [0.1, 0.15) is 5.82 Å². The highest BCUT2D eigenvalue weighted by Gasteiger charge is 2.22. The fourth-order valence-electron chi connectivity index (χ4n) is 1.18. The van der Waals surface area contributed by atoms with E-state index in [2.05, 4.69) is 15.9 Å². The Balaban J connectivity index is 2.61. The molecule has 1 aliphatic rings. The summed E-state index contributed by atoms with van der Waals surface area (Å²) in [5.74, 6) is 0.565. The molecule has 1 aromatic rings. The maximum Gasteiger partial charge on any atom is 0.231 e. The molecule has 0 unspecified atom stereocenters. The highest BCUT2D eigenvalue weighted by Crippen LogP contribution is 2.41. The van der Waals surface area contributed by atoms with Crippen LogP contribution in [0.3, 0.4) is 0 Å². The summed E-state index contributed by atoms with van der Waals surface area (Å²) in [5, 5.41) is 0. The third-order valence-corrected chi connectivity index (χ3v) is 2.55. The Hall–Kier alpha value is -0.810. The Bertz CT molecular complexity index is 356. The summed E-state index contributed by atoms with van der Waals surface area (Å²) in [6, 6.07) is 1.56. The van der Waals surface area contributed by atoms with Gasteiger partial charge in [0.15, 0.2) is 11.5 Å². The van der Waals surface area contributed by atoms with Crippen LogP contribution in [0, 0.1) is 5.82 Å². The predicted molar refractivity (Wildman–Crippen MR) is 48.1 cm³/mol. The summed E-state index contributed by atoms with van der Waals surface area (Å²) in [6.45, 7) is 0.266. The lowest BCUT2D eigenvalue weighted by molar-refractivity contribution is 0.173. The Kier molecular flexibility index (Phi) is 2.13. The quantitative estimate of drug-likeness (QED) is 0.823. The van der Waals surface area contributed by atoms with Crippen LogP contribution in [0.15, 0.2) is 10.5 Å². The average molecular weight is 248 g/mol. The minimum absolute atomic E-state index is 0.126. The number of benzene rings is 1. The van der Waals surface area contributed by atoms with Crippen molar-refractivity contribution in [1.29, 1.82) is 0 Å². The first-order valence-electron chi connectivity index (χ1n) is 3.70. The molecule has 0 radical (unpaired) electrons. The first-order chi connectivity index (χ1) is 6.24. The Morgan fingerprint density at radius 1 is 1.54 bits per heavy atom. The third kappa shape index (κ3) is 1.28. The van der Waals surface area contributed by atoms with Gasteiger partial charge >= 0.3 is 0 Å². The van der Waals surface area contributed by atoms with Crippen LogP contribution in [0.5, 0.6) is 11.5 Å². The van der Waals surface area contributed by atoms with Crippen molar-refractivity contribution in [3.8, 4) is 11.5 Å². The average Bonchev–Trinajstić information content (AvgIpc) is 2.59. The van der Waals surface area contributed by atoms with E-state index in [0.29, 0.717) is 17.1 Å². The molecule has 0 spiro atoms. The number of fused-ring (bicyclic) bond motifs is 1. The smallest absolute Gasteiger partial charge is 0.231 e. The van der Waals surface area contributed by atoms with Crippen LogP contribution in [0.4, 0.5) is 4.39 Å². The molecule has 1 heterocycles. The van der Waals surface area contributed by atoms with Crippen molar-refractivity contribution in [3.05, 3.63) is 21.9 Å².